The van der Waals surface area contributed by atoms with E-state index in [1.807, 2.05) is 19.1 Å². The summed E-state index contributed by atoms with van der Waals surface area (Å²) in [5, 5.41) is 5.79. The molecule has 1 aromatic rings. The quantitative estimate of drug-likeness (QED) is 0.723. The standard InChI is InChI=1S/C12H19N3O2/c1-9-4-5-11(14-8-9)15-10(2)12(16)13-6-7-17-3/h4-5,8,10H,6-7H2,1-3H3,(H,13,16)(H,14,15). The number of aryl methyl sites for hydroxylation is 1. The summed E-state index contributed by atoms with van der Waals surface area (Å²) in [5.41, 5.74) is 1.09. The summed E-state index contributed by atoms with van der Waals surface area (Å²) in [6.45, 7) is 4.80. The van der Waals surface area contributed by atoms with Crippen LogP contribution in [0.5, 0.6) is 0 Å². The van der Waals surface area contributed by atoms with Crippen molar-refractivity contribution in [1.82, 2.24) is 10.3 Å². The van der Waals surface area contributed by atoms with Gasteiger partial charge in [-0.2, -0.15) is 0 Å². The fourth-order valence-electron chi connectivity index (χ4n) is 1.27. The summed E-state index contributed by atoms with van der Waals surface area (Å²) >= 11 is 0. The van der Waals surface area contributed by atoms with Gasteiger partial charge < -0.3 is 15.4 Å². The minimum absolute atomic E-state index is 0.0653. The van der Waals surface area contributed by atoms with Crippen LogP contribution in [0.1, 0.15) is 12.5 Å². The van der Waals surface area contributed by atoms with Crippen LogP contribution < -0.4 is 10.6 Å². The maximum atomic E-state index is 11.6. The number of anilines is 1. The van der Waals surface area contributed by atoms with Gasteiger partial charge in [0.25, 0.3) is 0 Å². The van der Waals surface area contributed by atoms with Crippen LogP contribution in [-0.4, -0.2) is 37.2 Å². The molecule has 1 heterocycles. The van der Waals surface area contributed by atoms with E-state index in [0.29, 0.717) is 19.0 Å². The van der Waals surface area contributed by atoms with E-state index in [2.05, 4.69) is 15.6 Å². The Labute approximate surface area is 102 Å². The van der Waals surface area contributed by atoms with E-state index in [4.69, 9.17) is 4.74 Å². The second-order valence-corrected chi connectivity index (χ2v) is 3.87. The highest BCUT2D eigenvalue weighted by Gasteiger charge is 2.11. The Hall–Kier alpha value is -1.62. The highest BCUT2D eigenvalue weighted by molar-refractivity contribution is 5.83. The molecule has 0 aliphatic heterocycles. The van der Waals surface area contributed by atoms with E-state index in [1.54, 1.807) is 20.2 Å². The van der Waals surface area contributed by atoms with Gasteiger partial charge in [-0.3, -0.25) is 4.79 Å². The Morgan fingerprint density at radius 1 is 1.53 bits per heavy atom. The molecule has 1 aromatic heterocycles. The van der Waals surface area contributed by atoms with E-state index >= 15 is 0 Å². The molecule has 1 unspecified atom stereocenters. The number of carbonyl (C=O) groups excluding carboxylic acids is 1. The molecule has 5 nitrogen and oxygen atoms in total. The maximum absolute atomic E-state index is 11.6. The maximum Gasteiger partial charge on any atom is 0.242 e. The van der Waals surface area contributed by atoms with Gasteiger partial charge in [-0.05, 0) is 25.5 Å². The number of amides is 1. The Bertz CT molecular complexity index is 351. The third kappa shape index (κ3) is 4.82. The van der Waals surface area contributed by atoms with Crippen LogP contribution in [0.15, 0.2) is 18.3 Å². The minimum Gasteiger partial charge on any atom is -0.383 e. The summed E-state index contributed by atoms with van der Waals surface area (Å²) in [5.74, 6) is 0.634. The van der Waals surface area contributed by atoms with Gasteiger partial charge in [0.15, 0.2) is 0 Å². The molecule has 0 aliphatic carbocycles. The van der Waals surface area contributed by atoms with E-state index in [0.717, 1.165) is 5.56 Å². The molecule has 0 saturated carbocycles. The van der Waals surface area contributed by atoms with Crippen LogP contribution in [0.3, 0.4) is 0 Å². The number of ether oxygens (including phenoxy) is 1. The van der Waals surface area contributed by atoms with Gasteiger partial charge >= 0.3 is 0 Å². The molecule has 5 heteroatoms. The number of hydrogen-bond donors (Lipinski definition) is 2. The normalized spacial score (nSPS) is 11.9. The van der Waals surface area contributed by atoms with Crippen molar-refractivity contribution in [3.05, 3.63) is 23.9 Å². The Balaban J connectivity index is 2.40. The fraction of sp³-hybridized carbons (Fsp3) is 0.500. The van der Waals surface area contributed by atoms with Gasteiger partial charge in [0, 0.05) is 19.9 Å². The van der Waals surface area contributed by atoms with Crippen LogP contribution >= 0.6 is 0 Å². The number of nitrogens with one attached hydrogen (secondary N) is 2. The number of methoxy groups -OCH3 is 1. The van der Waals surface area contributed by atoms with Crippen LogP contribution in [0.4, 0.5) is 5.82 Å². The number of nitrogens with zero attached hydrogens (tertiary/aromatic N) is 1. The van der Waals surface area contributed by atoms with Crippen molar-refractivity contribution < 1.29 is 9.53 Å². The number of aromatic nitrogens is 1. The Morgan fingerprint density at radius 2 is 2.29 bits per heavy atom. The molecule has 17 heavy (non-hydrogen) atoms. The van der Waals surface area contributed by atoms with Crippen molar-refractivity contribution in [2.24, 2.45) is 0 Å². The lowest BCUT2D eigenvalue weighted by Crippen LogP contribution is -2.39. The van der Waals surface area contributed by atoms with E-state index in [-0.39, 0.29) is 11.9 Å². The molecule has 1 atom stereocenters. The second-order valence-electron chi connectivity index (χ2n) is 3.87. The molecule has 0 radical (unpaired) electrons. The molecule has 1 rings (SSSR count). The van der Waals surface area contributed by atoms with E-state index < -0.39 is 0 Å². The van der Waals surface area contributed by atoms with Crippen molar-refractivity contribution in [1.29, 1.82) is 0 Å². The fourth-order valence-corrected chi connectivity index (χ4v) is 1.27. The van der Waals surface area contributed by atoms with Gasteiger partial charge in [-0.1, -0.05) is 6.07 Å². The lowest BCUT2D eigenvalue weighted by molar-refractivity contribution is -0.121. The van der Waals surface area contributed by atoms with Crippen LogP contribution in [0, 0.1) is 6.92 Å². The number of carbonyl (C=O) groups is 1. The van der Waals surface area contributed by atoms with Crippen molar-refractivity contribution in [3.8, 4) is 0 Å². The van der Waals surface area contributed by atoms with Crippen LogP contribution in [0.2, 0.25) is 0 Å². The van der Waals surface area contributed by atoms with Crippen LogP contribution in [-0.2, 0) is 9.53 Å². The third-order valence-corrected chi connectivity index (χ3v) is 2.27. The lowest BCUT2D eigenvalue weighted by atomic mass is 10.3. The van der Waals surface area contributed by atoms with Gasteiger partial charge in [0.2, 0.25) is 5.91 Å². The number of pyridine rings is 1. The minimum atomic E-state index is -0.318. The van der Waals surface area contributed by atoms with Crippen LogP contribution in [0.25, 0.3) is 0 Å². The number of rotatable bonds is 6. The van der Waals surface area contributed by atoms with E-state index in [9.17, 15) is 4.79 Å². The molecule has 0 saturated heterocycles. The molecule has 1 amide bonds. The van der Waals surface area contributed by atoms with Gasteiger partial charge in [-0.25, -0.2) is 4.98 Å². The zero-order valence-corrected chi connectivity index (χ0v) is 10.5. The first-order chi connectivity index (χ1) is 8.13. The zero-order chi connectivity index (χ0) is 12.7. The summed E-state index contributed by atoms with van der Waals surface area (Å²) in [6.07, 6.45) is 1.76. The summed E-state index contributed by atoms with van der Waals surface area (Å²) in [4.78, 5) is 15.8. The molecule has 0 aromatic carbocycles. The van der Waals surface area contributed by atoms with Crippen molar-refractivity contribution >= 4 is 11.7 Å². The predicted octanol–water partition coefficient (Wildman–Crippen LogP) is 0.953. The van der Waals surface area contributed by atoms with Crippen molar-refractivity contribution in [2.45, 2.75) is 19.9 Å². The predicted molar refractivity (Wildman–Crippen MR) is 66.9 cm³/mol. The molecule has 0 spiro atoms. The Morgan fingerprint density at radius 3 is 2.88 bits per heavy atom. The van der Waals surface area contributed by atoms with Gasteiger partial charge in [0.05, 0.1) is 6.61 Å². The zero-order valence-electron chi connectivity index (χ0n) is 10.5. The first-order valence-electron chi connectivity index (χ1n) is 5.59. The molecular formula is C12H19N3O2. The topological polar surface area (TPSA) is 63.2 Å². The highest BCUT2D eigenvalue weighted by Crippen LogP contribution is 2.05. The lowest BCUT2D eigenvalue weighted by Gasteiger charge is -2.14. The van der Waals surface area contributed by atoms with Crippen molar-refractivity contribution in [2.75, 3.05) is 25.6 Å². The van der Waals surface area contributed by atoms with E-state index in [1.165, 1.54) is 0 Å². The summed E-state index contributed by atoms with van der Waals surface area (Å²) in [7, 11) is 1.60. The summed E-state index contributed by atoms with van der Waals surface area (Å²) < 4.78 is 4.86. The second kappa shape index (κ2) is 6.85. The van der Waals surface area contributed by atoms with Gasteiger partial charge in [-0.15, -0.1) is 0 Å². The largest absolute Gasteiger partial charge is 0.383 e. The summed E-state index contributed by atoms with van der Waals surface area (Å²) in [6, 6.07) is 3.49. The van der Waals surface area contributed by atoms with Crippen molar-refractivity contribution in [3.63, 3.8) is 0 Å². The first kappa shape index (κ1) is 13.4. The highest BCUT2D eigenvalue weighted by atomic mass is 16.5. The molecule has 0 bridgehead atoms. The monoisotopic (exact) mass is 237 g/mol. The first-order valence-corrected chi connectivity index (χ1v) is 5.59. The molecular weight excluding hydrogens is 218 g/mol. The third-order valence-electron chi connectivity index (χ3n) is 2.27. The molecule has 94 valence electrons. The molecule has 0 fully saturated rings. The average Bonchev–Trinajstić information content (AvgIpc) is 2.32. The molecule has 2 N–H and O–H groups in total. The SMILES string of the molecule is COCCNC(=O)C(C)Nc1ccc(C)cn1. The Kier molecular flexibility index (Phi) is 5.42. The smallest absolute Gasteiger partial charge is 0.242 e. The van der Waals surface area contributed by atoms with Gasteiger partial charge in [0.1, 0.15) is 11.9 Å². The number of hydrogen-bond acceptors (Lipinski definition) is 4. The average molecular weight is 237 g/mol. The molecule has 0 aliphatic rings.